The standard InChI is InChI=1S/C14H9BrN2OS/c15-13-5-4-9(19-13)8-12(18)10-2-1-3-11-14(10)17-7-6-16-11/h1-7H,8H2. The van der Waals surface area contributed by atoms with E-state index in [2.05, 4.69) is 25.9 Å². The Labute approximate surface area is 122 Å². The zero-order valence-electron chi connectivity index (χ0n) is 9.84. The highest BCUT2D eigenvalue weighted by molar-refractivity contribution is 9.11. The monoisotopic (exact) mass is 332 g/mol. The number of benzene rings is 1. The first-order chi connectivity index (χ1) is 9.24. The molecule has 0 saturated heterocycles. The molecule has 0 aliphatic rings. The first-order valence-corrected chi connectivity index (χ1v) is 7.32. The van der Waals surface area contributed by atoms with Gasteiger partial charge in [-0.1, -0.05) is 6.07 Å². The highest BCUT2D eigenvalue weighted by Gasteiger charge is 2.13. The van der Waals surface area contributed by atoms with Gasteiger partial charge in [-0.25, -0.2) is 0 Å². The smallest absolute Gasteiger partial charge is 0.170 e. The Kier molecular flexibility index (Phi) is 3.40. The van der Waals surface area contributed by atoms with E-state index in [-0.39, 0.29) is 5.78 Å². The largest absolute Gasteiger partial charge is 0.294 e. The molecule has 0 N–H and O–H groups in total. The number of para-hydroxylation sites is 1. The summed E-state index contributed by atoms with van der Waals surface area (Å²) in [5.74, 6) is 0.0699. The minimum absolute atomic E-state index is 0.0699. The number of hydrogen-bond acceptors (Lipinski definition) is 4. The van der Waals surface area contributed by atoms with Crippen molar-refractivity contribution < 1.29 is 4.79 Å². The molecule has 0 bridgehead atoms. The van der Waals surface area contributed by atoms with Crippen molar-refractivity contribution in [2.45, 2.75) is 6.42 Å². The first-order valence-electron chi connectivity index (χ1n) is 5.71. The van der Waals surface area contributed by atoms with Crippen LogP contribution < -0.4 is 0 Å². The van der Waals surface area contributed by atoms with E-state index in [0.717, 1.165) is 14.2 Å². The Morgan fingerprint density at radius 1 is 1.16 bits per heavy atom. The van der Waals surface area contributed by atoms with Gasteiger partial charge in [-0.2, -0.15) is 0 Å². The predicted octanol–water partition coefficient (Wildman–Crippen LogP) is 3.88. The minimum atomic E-state index is 0.0699. The van der Waals surface area contributed by atoms with E-state index in [1.54, 1.807) is 23.7 Å². The molecule has 0 radical (unpaired) electrons. The van der Waals surface area contributed by atoms with Crippen LogP contribution in [0.5, 0.6) is 0 Å². The van der Waals surface area contributed by atoms with Crippen LogP contribution in [0.15, 0.2) is 46.5 Å². The van der Waals surface area contributed by atoms with Crippen molar-refractivity contribution in [3.05, 3.63) is 57.0 Å². The Morgan fingerprint density at radius 2 is 2.00 bits per heavy atom. The molecule has 2 aromatic heterocycles. The third-order valence-electron chi connectivity index (χ3n) is 2.76. The molecule has 5 heteroatoms. The fourth-order valence-corrected chi connectivity index (χ4v) is 3.40. The summed E-state index contributed by atoms with van der Waals surface area (Å²) in [5.41, 5.74) is 2.06. The Hall–Kier alpha value is -1.59. The Morgan fingerprint density at radius 3 is 2.79 bits per heavy atom. The van der Waals surface area contributed by atoms with Crippen molar-refractivity contribution in [1.29, 1.82) is 0 Å². The Balaban J connectivity index is 1.97. The maximum absolute atomic E-state index is 12.4. The number of halogens is 1. The molecule has 1 aromatic carbocycles. The third-order valence-corrected chi connectivity index (χ3v) is 4.39. The second kappa shape index (κ2) is 5.19. The van der Waals surface area contributed by atoms with Gasteiger partial charge in [0.1, 0.15) is 0 Å². The summed E-state index contributed by atoms with van der Waals surface area (Å²) in [4.78, 5) is 21.9. The van der Waals surface area contributed by atoms with Crippen LogP contribution >= 0.6 is 27.3 Å². The molecule has 0 spiro atoms. The van der Waals surface area contributed by atoms with Crippen LogP contribution in [0.3, 0.4) is 0 Å². The number of nitrogens with zero attached hydrogens (tertiary/aromatic N) is 2. The molecule has 0 aliphatic carbocycles. The van der Waals surface area contributed by atoms with Crippen molar-refractivity contribution in [3.8, 4) is 0 Å². The number of aromatic nitrogens is 2. The van der Waals surface area contributed by atoms with Gasteiger partial charge < -0.3 is 0 Å². The molecular weight excluding hydrogens is 324 g/mol. The van der Waals surface area contributed by atoms with Gasteiger partial charge >= 0.3 is 0 Å². The van der Waals surface area contributed by atoms with Gasteiger partial charge in [0.15, 0.2) is 5.78 Å². The molecule has 94 valence electrons. The molecule has 19 heavy (non-hydrogen) atoms. The van der Waals surface area contributed by atoms with Crippen LogP contribution in [0.1, 0.15) is 15.2 Å². The highest BCUT2D eigenvalue weighted by atomic mass is 79.9. The summed E-state index contributed by atoms with van der Waals surface area (Å²) in [6.45, 7) is 0. The molecule has 0 saturated carbocycles. The van der Waals surface area contributed by atoms with Crippen molar-refractivity contribution >= 4 is 44.1 Å². The van der Waals surface area contributed by atoms with E-state index in [9.17, 15) is 4.79 Å². The lowest BCUT2D eigenvalue weighted by Crippen LogP contribution is -2.04. The van der Waals surface area contributed by atoms with Gasteiger partial charge in [-0.15, -0.1) is 11.3 Å². The van der Waals surface area contributed by atoms with Crippen molar-refractivity contribution in [3.63, 3.8) is 0 Å². The molecule has 0 amide bonds. The van der Waals surface area contributed by atoms with Gasteiger partial charge in [0.25, 0.3) is 0 Å². The molecule has 3 nitrogen and oxygen atoms in total. The quantitative estimate of drug-likeness (QED) is 0.683. The first kappa shape index (κ1) is 12.4. The average molecular weight is 333 g/mol. The summed E-state index contributed by atoms with van der Waals surface area (Å²) < 4.78 is 1.04. The van der Waals surface area contributed by atoms with Crippen LogP contribution in [0.4, 0.5) is 0 Å². The summed E-state index contributed by atoms with van der Waals surface area (Å²) in [5, 5.41) is 0. The van der Waals surface area contributed by atoms with Gasteiger partial charge in [-0.3, -0.25) is 14.8 Å². The molecule has 0 aliphatic heterocycles. The van der Waals surface area contributed by atoms with E-state index >= 15 is 0 Å². The maximum Gasteiger partial charge on any atom is 0.170 e. The van der Waals surface area contributed by atoms with Crippen LogP contribution in [-0.4, -0.2) is 15.8 Å². The van der Waals surface area contributed by atoms with E-state index in [0.29, 0.717) is 17.5 Å². The lowest BCUT2D eigenvalue weighted by Gasteiger charge is -2.03. The third kappa shape index (κ3) is 2.57. The van der Waals surface area contributed by atoms with Crippen molar-refractivity contribution in [2.24, 2.45) is 0 Å². The van der Waals surface area contributed by atoms with Crippen LogP contribution in [0.25, 0.3) is 11.0 Å². The zero-order valence-corrected chi connectivity index (χ0v) is 12.2. The number of carbonyl (C=O) groups excluding carboxylic acids is 1. The molecule has 3 aromatic rings. The number of hydrogen-bond donors (Lipinski definition) is 0. The van der Waals surface area contributed by atoms with Crippen LogP contribution in [-0.2, 0) is 6.42 Å². The summed E-state index contributed by atoms with van der Waals surface area (Å²) >= 11 is 4.98. The molecule has 0 unspecified atom stereocenters. The lowest BCUT2D eigenvalue weighted by molar-refractivity contribution is 0.0995. The SMILES string of the molecule is O=C(Cc1ccc(Br)s1)c1cccc2nccnc12. The fraction of sp³-hybridized carbons (Fsp3) is 0.0714. The van der Waals surface area contributed by atoms with E-state index in [1.165, 1.54) is 0 Å². The van der Waals surface area contributed by atoms with Crippen LogP contribution in [0, 0.1) is 0 Å². The summed E-state index contributed by atoms with van der Waals surface area (Å²) in [6.07, 6.45) is 3.64. The second-order valence-corrected chi connectivity index (χ2v) is 6.58. The molecule has 3 rings (SSSR count). The van der Waals surface area contributed by atoms with E-state index < -0.39 is 0 Å². The minimum Gasteiger partial charge on any atom is -0.294 e. The van der Waals surface area contributed by atoms with Crippen LogP contribution in [0.2, 0.25) is 0 Å². The highest BCUT2D eigenvalue weighted by Crippen LogP contribution is 2.24. The summed E-state index contributed by atoms with van der Waals surface area (Å²) in [6, 6.07) is 9.43. The number of Topliss-reactive ketones (excluding diaryl/α,β-unsaturated/α-hetero) is 1. The topological polar surface area (TPSA) is 42.9 Å². The number of rotatable bonds is 3. The number of ketones is 1. The number of carbonyl (C=O) groups is 1. The summed E-state index contributed by atoms with van der Waals surface area (Å²) in [7, 11) is 0. The fourth-order valence-electron chi connectivity index (χ4n) is 1.92. The maximum atomic E-state index is 12.4. The van der Waals surface area contributed by atoms with Gasteiger partial charge in [-0.05, 0) is 40.2 Å². The number of thiophene rings is 1. The van der Waals surface area contributed by atoms with Crippen molar-refractivity contribution in [2.75, 3.05) is 0 Å². The van der Waals surface area contributed by atoms with E-state index in [1.807, 2.05) is 30.3 Å². The zero-order chi connectivity index (χ0) is 13.2. The normalized spacial score (nSPS) is 10.8. The predicted molar refractivity (Wildman–Crippen MR) is 79.6 cm³/mol. The Bertz CT molecular complexity index is 749. The average Bonchev–Trinajstić information content (AvgIpc) is 2.83. The molecular formula is C14H9BrN2OS. The lowest BCUT2D eigenvalue weighted by atomic mass is 10.1. The molecule has 0 fully saturated rings. The molecule has 0 atom stereocenters. The van der Waals surface area contributed by atoms with Gasteiger partial charge in [0, 0.05) is 29.3 Å². The second-order valence-electron chi connectivity index (χ2n) is 4.04. The number of fused-ring (bicyclic) bond motifs is 1. The van der Waals surface area contributed by atoms with Gasteiger partial charge in [0.2, 0.25) is 0 Å². The molecule has 2 heterocycles. The van der Waals surface area contributed by atoms with E-state index in [4.69, 9.17) is 0 Å². The van der Waals surface area contributed by atoms with Crippen molar-refractivity contribution in [1.82, 2.24) is 9.97 Å². The van der Waals surface area contributed by atoms with Gasteiger partial charge in [0.05, 0.1) is 14.8 Å².